The molecule has 0 aromatic carbocycles. The van der Waals surface area contributed by atoms with E-state index in [0.29, 0.717) is 31.7 Å². The van der Waals surface area contributed by atoms with E-state index < -0.39 is 16.3 Å². The van der Waals surface area contributed by atoms with Gasteiger partial charge in [-0.3, -0.25) is 14.9 Å². The summed E-state index contributed by atoms with van der Waals surface area (Å²) in [6, 6.07) is 2.82. The zero-order valence-corrected chi connectivity index (χ0v) is 11.8. The molecule has 0 spiro atoms. The van der Waals surface area contributed by atoms with Crippen LogP contribution < -0.4 is 10.6 Å². The van der Waals surface area contributed by atoms with E-state index in [1.54, 1.807) is 0 Å². The first-order chi connectivity index (χ1) is 9.89. The number of nitro groups is 1. The molecule has 1 aliphatic heterocycles. The zero-order chi connectivity index (χ0) is 15.6. The predicted octanol–water partition coefficient (Wildman–Crippen LogP) is 1.65. The summed E-state index contributed by atoms with van der Waals surface area (Å²) in [6.07, 6.45) is 1.92. The Morgan fingerprint density at radius 1 is 1.62 bits per heavy atom. The number of aromatic nitrogens is 1. The van der Waals surface area contributed by atoms with E-state index in [0.717, 1.165) is 6.42 Å². The van der Waals surface area contributed by atoms with E-state index in [9.17, 15) is 20.0 Å². The summed E-state index contributed by atoms with van der Waals surface area (Å²) >= 11 is 0. The molecule has 1 aromatic heterocycles. The van der Waals surface area contributed by atoms with Crippen molar-refractivity contribution in [1.29, 1.82) is 0 Å². The van der Waals surface area contributed by atoms with Gasteiger partial charge in [0, 0.05) is 19.2 Å². The molecule has 1 aliphatic rings. The lowest BCUT2D eigenvalue weighted by Crippen LogP contribution is -2.34. The lowest BCUT2D eigenvalue weighted by Gasteiger charge is -2.24. The number of carboxylic acids is 1. The Hall–Kier alpha value is -2.38. The molecule has 0 bridgehead atoms. The fraction of sp³-hybridized carbons (Fsp3) is 0.538. The van der Waals surface area contributed by atoms with Crippen LogP contribution in [0.25, 0.3) is 0 Å². The Kier molecular flexibility index (Phi) is 3.97. The average Bonchev–Trinajstić information content (AvgIpc) is 2.84. The summed E-state index contributed by atoms with van der Waals surface area (Å²) in [5.41, 5.74) is 4.57. The van der Waals surface area contributed by atoms with Gasteiger partial charge >= 0.3 is 11.7 Å². The van der Waals surface area contributed by atoms with Gasteiger partial charge in [0.2, 0.25) is 5.82 Å². The van der Waals surface area contributed by atoms with Crippen LogP contribution in [0.5, 0.6) is 0 Å². The first-order valence-corrected chi connectivity index (χ1v) is 6.79. The molecular weight excluding hydrogens is 276 g/mol. The molecule has 0 radical (unpaired) electrons. The first kappa shape index (κ1) is 15.0. The third-order valence-electron chi connectivity index (χ3n) is 3.94. The maximum atomic E-state index is 11.5. The van der Waals surface area contributed by atoms with Crippen LogP contribution >= 0.6 is 0 Å². The molecule has 1 unspecified atom stereocenters. The molecule has 0 saturated carbocycles. The van der Waals surface area contributed by atoms with E-state index in [-0.39, 0.29) is 11.5 Å². The second-order valence-corrected chi connectivity index (χ2v) is 5.34. The Balaban J connectivity index is 2.23. The number of carbonyl (C=O) groups is 1. The van der Waals surface area contributed by atoms with E-state index in [1.165, 1.54) is 12.1 Å². The highest BCUT2D eigenvalue weighted by Gasteiger charge is 2.44. The van der Waals surface area contributed by atoms with Crippen LogP contribution in [0.2, 0.25) is 0 Å². The number of rotatable bonds is 5. The normalized spacial score (nSPS) is 21.5. The third-order valence-corrected chi connectivity index (χ3v) is 3.94. The Labute approximate surface area is 121 Å². The van der Waals surface area contributed by atoms with Crippen molar-refractivity contribution in [2.75, 3.05) is 23.7 Å². The molecule has 1 fully saturated rings. The van der Waals surface area contributed by atoms with E-state index in [4.69, 9.17) is 5.73 Å². The van der Waals surface area contributed by atoms with Gasteiger partial charge in [0.05, 0.1) is 10.3 Å². The van der Waals surface area contributed by atoms with Crippen molar-refractivity contribution in [3.05, 3.63) is 22.2 Å². The van der Waals surface area contributed by atoms with Gasteiger partial charge in [-0.1, -0.05) is 13.3 Å². The molecule has 21 heavy (non-hydrogen) atoms. The van der Waals surface area contributed by atoms with E-state index >= 15 is 0 Å². The highest BCUT2D eigenvalue weighted by atomic mass is 16.6. The number of nitrogen functional groups attached to an aromatic ring is 1. The summed E-state index contributed by atoms with van der Waals surface area (Å²) in [6.45, 7) is 2.85. The number of anilines is 2. The van der Waals surface area contributed by atoms with Gasteiger partial charge in [0.15, 0.2) is 0 Å². The maximum absolute atomic E-state index is 11.5. The third kappa shape index (κ3) is 2.74. The molecule has 8 nitrogen and oxygen atoms in total. The summed E-state index contributed by atoms with van der Waals surface area (Å²) in [5, 5.41) is 20.2. The van der Waals surface area contributed by atoms with Gasteiger partial charge < -0.3 is 15.7 Å². The fourth-order valence-corrected chi connectivity index (χ4v) is 2.82. The summed E-state index contributed by atoms with van der Waals surface area (Å²) < 4.78 is 0. The second-order valence-electron chi connectivity index (χ2n) is 5.34. The molecule has 3 N–H and O–H groups in total. The van der Waals surface area contributed by atoms with Crippen LogP contribution in [0.4, 0.5) is 17.3 Å². The SMILES string of the molecule is CCCC1(C(=O)O)CCN(c2ccc([N+](=O)[O-])c(N)n2)C1. The number of pyridine rings is 1. The van der Waals surface area contributed by atoms with Crippen molar-refractivity contribution < 1.29 is 14.8 Å². The van der Waals surface area contributed by atoms with Crippen molar-refractivity contribution in [1.82, 2.24) is 4.98 Å². The van der Waals surface area contributed by atoms with Crippen molar-refractivity contribution >= 4 is 23.3 Å². The van der Waals surface area contributed by atoms with Crippen molar-refractivity contribution in [2.24, 2.45) is 5.41 Å². The minimum absolute atomic E-state index is 0.152. The Bertz CT molecular complexity index is 577. The number of nitrogens with two attached hydrogens (primary N) is 1. The van der Waals surface area contributed by atoms with Crippen molar-refractivity contribution in [3.8, 4) is 0 Å². The number of nitrogens with zero attached hydrogens (tertiary/aromatic N) is 3. The molecule has 0 amide bonds. The largest absolute Gasteiger partial charge is 0.481 e. The second kappa shape index (κ2) is 5.55. The van der Waals surface area contributed by atoms with Crippen molar-refractivity contribution in [3.63, 3.8) is 0 Å². The minimum Gasteiger partial charge on any atom is -0.481 e. The van der Waals surface area contributed by atoms with Gasteiger partial charge in [-0.2, -0.15) is 0 Å². The molecule has 2 heterocycles. The minimum atomic E-state index is -0.804. The van der Waals surface area contributed by atoms with E-state index in [2.05, 4.69) is 4.98 Å². The van der Waals surface area contributed by atoms with Crippen LogP contribution in [-0.2, 0) is 4.79 Å². The topological polar surface area (TPSA) is 123 Å². The number of carboxylic acid groups (broad SMARTS) is 1. The molecule has 1 saturated heterocycles. The first-order valence-electron chi connectivity index (χ1n) is 6.79. The zero-order valence-electron chi connectivity index (χ0n) is 11.8. The molecule has 0 aliphatic carbocycles. The van der Waals surface area contributed by atoms with Crippen LogP contribution in [0, 0.1) is 15.5 Å². The van der Waals surface area contributed by atoms with Gasteiger partial charge in [-0.05, 0) is 18.9 Å². The quantitative estimate of drug-likeness (QED) is 0.625. The highest BCUT2D eigenvalue weighted by Crippen LogP contribution is 2.38. The van der Waals surface area contributed by atoms with Gasteiger partial charge in [0.1, 0.15) is 5.82 Å². The highest BCUT2D eigenvalue weighted by molar-refractivity contribution is 5.76. The number of aliphatic carboxylic acids is 1. The molecule has 1 aromatic rings. The molecule has 1 atom stereocenters. The van der Waals surface area contributed by atoms with Crippen LogP contribution in [0.3, 0.4) is 0 Å². The van der Waals surface area contributed by atoms with Gasteiger partial charge in [-0.15, -0.1) is 0 Å². The summed E-state index contributed by atoms with van der Waals surface area (Å²) in [5.74, 6) is -0.472. The molecule has 2 rings (SSSR count). The molecular formula is C13H18N4O4. The van der Waals surface area contributed by atoms with E-state index in [1.807, 2.05) is 11.8 Å². The van der Waals surface area contributed by atoms with Crippen LogP contribution in [-0.4, -0.2) is 34.1 Å². The molecule has 8 heteroatoms. The maximum Gasteiger partial charge on any atom is 0.311 e. The van der Waals surface area contributed by atoms with Gasteiger partial charge in [-0.25, -0.2) is 4.98 Å². The van der Waals surface area contributed by atoms with Crippen LogP contribution in [0.1, 0.15) is 26.2 Å². The lowest BCUT2D eigenvalue weighted by molar-refractivity contribution is -0.384. The Morgan fingerprint density at radius 2 is 2.33 bits per heavy atom. The smallest absolute Gasteiger partial charge is 0.311 e. The predicted molar refractivity (Wildman–Crippen MR) is 77.1 cm³/mol. The average molecular weight is 294 g/mol. The molecule has 114 valence electrons. The monoisotopic (exact) mass is 294 g/mol. The van der Waals surface area contributed by atoms with Gasteiger partial charge in [0.25, 0.3) is 0 Å². The van der Waals surface area contributed by atoms with Crippen LogP contribution in [0.15, 0.2) is 12.1 Å². The number of hydrogen-bond acceptors (Lipinski definition) is 6. The van der Waals surface area contributed by atoms with Crippen molar-refractivity contribution in [2.45, 2.75) is 26.2 Å². The summed E-state index contributed by atoms with van der Waals surface area (Å²) in [7, 11) is 0. The fourth-order valence-electron chi connectivity index (χ4n) is 2.82. The standard InChI is InChI=1S/C13H18N4O4/c1-2-5-13(12(18)19)6-7-16(8-13)10-4-3-9(17(20)21)11(14)15-10/h3-4H,2,5-8H2,1H3,(H2,14,15)(H,18,19). The number of hydrogen-bond donors (Lipinski definition) is 2. The Morgan fingerprint density at radius 3 is 2.86 bits per heavy atom. The lowest BCUT2D eigenvalue weighted by atomic mass is 9.83. The summed E-state index contributed by atoms with van der Waals surface area (Å²) in [4.78, 5) is 27.5.